The van der Waals surface area contributed by atoms with E-state index < -0.39 is 0 Å². The van der Waals surface area contributed by atoms with Crippen LogP contribution in [-0.2, 0) is 4.79 Å². The first-order chi connectivity index (χ1) is 10.9. The molecule has 2 N–H and O–H groups in total. The monoisotopic (exact) mass is 316 g/mol. The Balaban J connectivity index is 1.71. The van der Waals surface area contributed by atoms with Gasteiger partial charge < -0.3 is 10.2 Å². The van der Waals surface area contributed by atoms with Crippen molar-refractivity contribution in [2.45, 2.75) is 64.9 Å². The third kappa shape index (κ3) is 1.95. The number of carbonyl (C=O) groups excluding carboxylic acids is 1. The average molecular weight is 316 g/mol. The van der Waals surface area contributed by atoms with Crippen LogP contribution in [0.5, 0.6) is 0 Å². The molecule has 0 saturated heterocycles. The van der Waals surface area contributed by atoms with Crippen molar-refractivity contribution >= 4 is 5.78 Å². The third-order valence-electron chi connectivity index (χ3n) is 7.87. The molecule has 3 heteroatoms. The Kier molecular flexibility index (Phi) is 3.32. The maximum Gasteiger partial charge on any atom is 0.168 e. The molecule has 0 unspecified atom stereocenters. The Morgan fingerprint density at radius 1 is 1.13 bits per heavy atom. The predicted molar refractivity (Wildman–Crippen MR) is 88.8 cm³/mol. The van der Waals surface area contributed by atoms with Gasteiger partial charge in [-0.2, -0.15) is 0 Å². The SMILES string of the molecule is C[C@@]12CC[C@H]3[C@@H](CC=C4C[C@@H](O)CC[C@@]43C)[C@@H]1CC(=CO)C2=O. The predicted octanol–water partition coefficient (Wildman–Crippen LogP) is 3.93. The van der Waals surface area contributed by atoms with Crippen LogP contribution >= 0.6 is 0 Å². The second kappa shape index (κ2) is 4.95. The minimum absolute atomic E-state index is 0.170. The van der Waals surface area contributed by atoms with E-state index in [1.165, 1.54) is 5.57 Å². The molecular formula is C20H28O3. The number of fused-ring (bicyclic) bond motifs is 5. The summed E-state index contributed by atoms with van der Waals surface area (Å²) in [5, 5.41) is 19.5. The standard InChI is InChI=1S/C20H28O3/c1-19-7-5-14(22)10-13(19)3-4-15-16(19)6-8-20(2)17(15)9-12(11-21)18(20)23/h3,11,14-17,21-22H,4-10H2,1-2H3/t14-,15+,16-,17-,19-,20+/m0/s1. The average Bonchev–Trinajstić information content (AvgIpc) is 2.79. The van der Waals surface area contributed by atoms with Crippen molar-refractivity contribution in [3.8, 4) is 0 Å². The Hall–Kier alpha value is -1.09. The van der Waals surface area contributed by atoms with Gasteiger partial charge in [-0.15, -0.1) is 0 Å². The summed E-state index contributed by atoms with van der Waals surface area (Å²) in [4.78, 5) is 12.7. The molecule has 0 heterocycles. The van der Waals surface area contributed by atoms with E-state index in [0.29, 0.717) is 23.3 Å². The van der Waals surface area contributed by atoms with Crippen LogP contribution in [0.2, 0.25) is 0 Å². The first kappa shape index (κ1) is 15.4. The van der Waals surface area contributed by atoms with Gasteiger partial charge >= 0.3 is 0 Å². The van der Waals surface area contributed by atoms with Crippen LogP contribution in [0, 0.1) is 28.6 Å². The van der Waals surface area contributed by atoms with E-state index in [1.54, 1.807) is 0 Å². The van der Waals surface area contributed by atoms with Gasteiger partial charge in [0, 0.05) is 11.0 Å². The van der Waals surface area contributed by atoms with E-state index >= 15 is 0 Å². The molecule has 0 aliphatic heterocycles. The summed E-state index contributed by atoms with van der Waals surface area (Å²) in [5.41, 5.74) is 2.03. The van der Waals surface area contributed by atoms with Crippen LogP contribution in [0.4, 0.5) is 0 Å². The van der Waals surface area contributed by atoms with Crippen molar-refractivity contribution in [3.05, 3.63) is 23.5 Å². The van der Waals surface area contributed by atoms with Gasteiger partial charge in [-0.1, -0.05) is 25.5 Å². The van der Waals surface area contributed by atoms with Gasteiger partial charge in [-0.05, 0) is 68.1 Å². The van der Waals surface area contributed by atoms with Crippen molar-refractivity contribution in [2.24, 2.45) is 28.6 Å². The van der Waals surface area contributed by atoms with E-state index in [9.17, 15) is 15.0 Å². The number of allylic oxidation sites excluding steroid dienone is 2. The summed E-state index contributed by atoms with van der Waals surface area (Å²) in [7, 11) is 0. The highest BCUT2D eigenvalue weighted by Gasteiger charge is 2.59. The Bertz CT molecular complexity index is 604. The fourth-order valence-electron chi connectivity index (χ4n) is 6.43. The Labute approximate surface area is 138 Å². The fraction of sp³-hybridized carbons (Fsp3) is 0.750. The van der Waals surface area contributed by atoms with E-state index in [0.717, 1.165) is 51.2 Å². The summed E-state index contributed by atoms with van der Waals surface area (Å²) in [6.45, 7) is 4.52. The highest BCUT2D eigenvalue weighted by molar-refractivity contribution is 6.02. The van der Waals surface area contributed by atoms with Crippen molar-refractivity contribution in [1.29, 1.82) is 0 Å². The summed E-state index contributed by atoms with van der Waals surface area (Å²) < 4.78 is 0. The molecule has 4 aliphatic carbocycles. The lowest BCUT2D eigenvalue weighted by Crippen LogP contribution is -2.50. The molecule has 0 aromatic rings. The topological polar surface area (TPSA) is 57.5 Å². The number of Topliss-reactive ketones (excluding diaryl/α,β-unsaturated/α-hetero) is 1. The van der Waals surface area contributed by atoms with Crippen LogP contribution in [0.15, 0.2) is 23.5 Å². The Morgan fingerprint density at radius 3 is 2.61 bits per heavy atom. The number of hydrogen-bond acceptors (Lipinski definition) is 3. The van der Waals surface area contributed by atoms with Gasteiger partial charge in [0.1, 0.15) is 0 Å². The van der Waals surface area contributed by atoms with Crippen molar-refractivity contribution < 1.29 is 15.0 Å². The van der Waals surface area contributed by atoms with Gasteiger partial charge in [0.15, 0.2) is 5.78 Å². The van der Waals surface area contributed by atoms with Crippen molar-refractivity contribution in [3.63, 3.8) is 0 Å². The summed E-state index contributed by atoms with van der Waals surface area (Å²) in [6, 6.07) is 0. The maximum absolute atomic E-state index is 12.7. The quantitative estimate of drug-likeness (QED) is 0.404. The van der Waals surface area contributed by atoms with E-state index in [-0.39, 0.29) is 22.7 Å². The lowest BCUT2D eigenvalue weighted by atomic mass is 9.48. The zero-order chi connectivity index (χ0) is 16.4. The van der Waals surface area contributed by atoms with E-state index in [2.05, 4.69) is 19.9 Å². The van der Waals surface area contributed by atoms with Crippen LogP contribution in [-0.4, -0.2) is 22.1 Å². The van der Waals surface area contributed by atoms with Gasteiger partial charge in [-0.3, -0.25) is 4.79 Å². The summed E-state index contributed by atoms with van der Waals surface area (Å²) in [5.74, 6) is 1.72. The molecule has 23 heavy (non-hydrogen) atoms. The number of aliphatic hydroxyl groups is 2. The lowest BCUT2D eigenvalue weighted by molar-refractivity contribution is -0.130. The third-order valence-corrected chi connectivity index (χ3v) is 7.87. The molecule has 3 nitrogen and oxygen atoms in total. The highest BCUT2D eigenvalue weighted by atomic mass is 16.3. The van der Waals surface area contributed by atoms with Crippen LogP contribution in [0.25, 0.3) is 0 Å². The molecule has 0 amide bonds. The fourth-order valence-corrected chi connectivity index (χ4v) is 6.43. The number of hydrogen-bond donors (Lipinski definition) is 2. The lowest BCUT2D eigenvalue weighted by Gasteiger charge is -2.56. The molecule has 126 valence electrons. The first-order valence-electron chi connectivity index (χ1n) is 9.16. The number of rotatable bonds is 0. The molecule has 3 saturated carbocycles. The summed E-state index contributed by atoms with van der Waals surface area (Å²) >= 11 is 0. The van der Waals surface area contributed by atoms with Gasteiger partial charge in [0.05, 0.1) is 12.4 Å². The van der Waals surface area contributed by atoms with Crippen molar-refractivity contribution in [1.82, 2.24) is 0 Å². The molecule has 0 bridgehead atoms. The molecule has 0 aromatic carbocycles. The maximum atomic E-state index is 12.7. The van der Waals surface area contributed by atoms with Crippen LogP contribution < -0.4 is 0 Å². The van der Waals surface area contributed by atoms with Crippen LogP contribution in [0.1, 0.15) is 58.8 Å². The largest absolute Gasteiger partial charge is 0.515 e. The van der Waals surface area contributed by atoms with Crippen molar-refractivity contribution in [2.75, 3.05) is 0 Å². The molecule has 3 fully saturated rings. The minimum atomic E-state index is -0.272. The first-order valence-corrected chi connectivity index (χ1v) is 9.16. The van der Waals surface area contributed by atoms with E-state index in [4.69, 9.17) is 0 Å². The smallest absolute Gasteiger partial charge is 0.168 e. The van der Waals surface area contributed by atoms with Gasteiger partial charge in [0.25, 0.3) is 0 Å². The molecule has 0 spiro atoms. The second-order valence-corrected chi connectivity index (χ2v) is 8.80. The highest BCUT2D eigenvalue weighted by Crippen LogP contribution is 2.64. The molecular weight excluding hydrogens is 288 g/mol. The Morgan fingerprint density at radius 2 is 1.87 bits per heavy atom. The molecule has 4 aliphatic rings. The molecule has 4 rings (SSSR count). The van der Waals surface area contributed by atoms with Crippen LogP contribution in [0.3, 0.4) is 0 Å². The zero-order valence-electron chi connectivity index (χ0n) is 14.2. The number of ketones is 1. The van der Waals surface area contributed by atoms with Gasteiger partial charge in [0.2, 0.25) is 0 Å². The summed E-state index contributed by atoms with van der Waals surface area (Å²) in [6.07, 6.45) is 9.90. The normalized spacial score (nSPS) is 51.0. The molecule has 0 radical (unpaired) electrons. The number of carbonyl (C=O) groups is 1. The molecule has 6 atom stereocenters. The zero-order valence-corrected chi connectivity index (χ0v) is 14.2. The number of aliphatic hydroxyl groups excluding tert-OH is 2. The second-order valence-electron chi connectivity index (χ2n) is 8.80. The molecule has 0 aromatic heterocycles. The van der Waals surface area contributed by atoms with Gasteiger partial charge in [-0.25, -0.2) is 0 Å². The minimum Gasteiger partial charge on any atom is -0.515 e. The van der Waals surface area contributed by atoms with E-state index in [1.807, 2.05) is 0 Å².